The van der Waals surface area contributed by atoms with Crippen LogP contribution in [-0.2, 0) is 4.74 Å². The fourth-order valence-electron chi connectivity index (χ4n) is 3.96. The second kappa shape index (κ2) is 12.4. The molecule has 4 heteroatoms. The number of nitrogens with one attached hydrogen (secondary N) is 1. The van der Waals surface area contributed by atoms with Crippen LogP contribution in [0.3, 0.4) is 0 Å². The first-order valence-electron chi connectivity index (χ1n) is 11.7. The van der Waals surface area contributed by atoms with Crippen molar-refractivity contribution in [2.24, 2.45) is 5.92 Å². The van der Waals surface area contributed by atoms with Crippen molar-refractivity contribution in [2.45, 2.75) is 54.0 Å². The maximum absolute atomic E-state index is 13.9. The molecule has 174 valence electrons. The molecule has 2 atom stereocenters. The largest absolute Gasteiger partial charge is 0.383 e. The van der Waals surface area contributed by atoms with Crippen molar-refractivity contribution in [1.29, 1.82) is 0 Å². The SMILES string of the molecule is C/C=C(/NCCOC)N1C=C(C2=C(c3ccc(F)c(C)c3)CC(C)C=C2)C=CC1C.CC. The Balaban J connectivity index is 0.00000176. The molecular formula is C28H39FN2O. The quantitative estimate of drug-likeness (QED) is 0.477. The molecule has 2 aliphatic rings. The van der Waals surface area contributed by atoms with Crippen LogP contribution in [0.2, 0.25) is 0 Å². The fraction of sp³-hybridized carbons (Fsp3) is 0.429. The Morgan fingerprint density at radius 3 is 2.62 bits per heavy atom. The zero-order chi connectivity index (χ0) is 23.7. The van der Waals surface area contributed by atoms with Gasteiger partial charge in [-0.3, -0.25) is 0 Å². The number of rotatable bonds is 7. The van der Waals surface area contributed by atoms with Gasteiger partial charge in [0.15, 0.2) is 0 Å². The van der Waals surface area contributed by atoms with Gasteiger partial charge >= 0.3 is 0 Å². The van der Waals surface area contributed by atoms with E-state index in [2.05, 4.69) is 60.6 Å². The van der Waals surface area contributed by atoms with Crippen molar-refractivity contribution in [2.75, 3.05) is 20.3 Å². The standard InChI is InChI=1S/C26H33FN2O.C2H6/c1-6-26(28-13-14-30-5)29-17-22(9-8-20(29)4)23-11-7-18(2)15-24(23)21-10-12-25(27)19(3)16-21;1-2/h6-12,16-18,20,28H,13-15H2,1-5H3;1-2H3/b26-6-;. The van der Waals surface area contributed by atoms with E-state index in [1.54, 1.807) is 13.2 Å². The second-order valence-corrected chi connectivity index (χ2v) is 8.08. The number of benzene rings is 1. The van der Waals surface area contributed by atoms with Gasteiger partial charge in [-0.15, -0.1) is 0 Å². The van der Waals surface area contributed by atoms with Gasteiger partial charge in [0.25, 0.3) is 0 Å². The number of allylic oxidation sites excluding steroid dienone is 7. The van der Waals surface area contributed by atoms with E-state index in [1.807, 2.05) is 39.8 Å². The predicted octanol–water partition coefficient (Wildman–Crippen LogP) is 6.75. The van der Waals surface area contributed by atoms with Gasteiger partial charge < -0.3 is 15.0 Å². The van der Waals surface area contributed by atoms with Gasteiger partial charge in [-0.05, 0) is 79.2 Å². The summed E-state index contributed by atoms with van der Waals surface area (Å²) in [6.07, 6.45) is 14.2. The summed E-state index contributed by atoms with van der Waals surface area (Å²) in [5, 5.41) is 3.47. The fourth-order valence-corrected chi connectivity index (χ4v) is 3.96. The molecule has 1 aliphatic heterocycles. The average Bonchev–Trinajstić information content (AvgIpc) is 2.81. The monoisotopic (exact) mass is 438 g/mol. The Hall–Kier alpha value is -2.59. The van der Waals surface area contributed by atoms with Crippen LogP contribution in [0, 0.1) is 18.7 Å². The number of hydrogen-bond donors (Lipinski definition) is 1. The first-order chi connectivity index (χ1) is 15.4. The molecule has 1 heterocycles. The number of methoxy groups -OCH3 is 1. The third-order valence-corrected chi connectivity index (χ3v) is 5.70. The first-order valence-corrected chi connectivity index (χ1v) is 11.7. The molecule has 0 amide bonds. The predicted molar refractivity (Wildman–Crippen MR) is 134 cm³/mol. The molecule has 0 bridgehead atoms. The molecule has 1 N–H and O–H groups in total. The van der Waals surface area contributed by atoms with Gasteiger partial charge in [0.2, 0.25) is 0 Å². The molecule has 1 aromatic rings. The van der Waals surface area contributed by atoms with E-state index in [0.717, 1.165) is 24.4 Å². The number of hydrogen-bond acceptors (Lipinski definition) is 3. The summed E-state index contributed by atoms with van der Waals surface area (Å²) < 4.78 is 19.0. The molecule has 0 aromatic heterocycles. The van der Waals surface area contributed by atoms with Crippen LogP contribution >= 0.6 is 0 Å². The molecule has 3 rings (SSSR count). The Bertz CT molecular complexity index is 923. The third kappa shape index (κ3) is 6.23. The van der Waals surface area contributed by atoms with Gasteiger partial charge in [-0.25, -0.2) is 4.39 Å². The molecule has 3 nitrogen and oxygen atoms in total. The van der Waals surface area contributed by atoms with Crippen molar-refractivity contribution >= 4 is 5.57 Å². The molecule has 0 radical (unpaired) electrons. The van der Waals surface area contributed by atoms with Crippen molar-refractivity contribution in [3.8, 4) is 0 Å². The molecule has 0 saturated heterocycles. The average molecular weight is 439 g/mol. The lowest BCUT2D eigenvalue weighted by Gasteiger charge is -2.33. The van der Waals surface area contributed by atoms with Gasteiger partial charge in [0.1, 0.15) is 11.6 Å². The minimum Gasteiger partial charge on any atom is -0.383 e. The zero-order valence-corrected chi connectivity index (χ0v) is 20.7. The van der Waals surface area contributed by atoms with Crippen molar-refractivity contribution in [3.05, 3.63) is 88.7 Å². The van der Waals surface area contributed by atoms with E-state index in [1.165, 1.54) is 16.7 Å². The molecule has 0 fully saturated rings. The Morgan fingerprint density at radius 2 is 1.97 bits per heavy atom. The molecule has 1 aromatic carbocycles. The Morgan fingerprint density at radius 1 is 1.22 bits per heavy atom. The van der Waals surface area contributed by atoms with Gasteiger partial charge in [-0.2, -0.15) is 0 Å². The highest BCUT2D eigenvalue weighted by molar-refractivity contribution is 5.78. The molecule has 32 heavy (non-hydrogen) atoms. The van der Waals surface area contributed by atoms with Crippen LogP contribution in [0.15, 0.2) is 71.7 Å². The lowest BCUT2D eigenvalue weighted by Crippen LogP contribution is -2.36. The third-order valence-electron chi connectivity index (χ3n) is 5.70. The number of ether oxygens (including phenoxy) is 1. The normalized spacial score (nSPS) is 20.7. The van der Waals surface area contributed by atoms with Crippen LogP contribution in [0.5, 0.6) is 0 Å². The Kier molecular flexibility index (Phi) is 9.98. The smallest absolute Gasteiger partial charge is 0.126 e. The molecular weight excluding hydrogens is 399 g/mol. The molecule has 0 spiro atoms. The van der Waals surface area contributed by atoms with Crippen LogP contribution in [0.25, 0.3) is 5.57 Å². The van der Waals surface area contributed by atoms with Crippen LogP contribution in [-0.4, -0.2) is 31.2 Å². The minimum atomic E-state index is -0.156. The van der Waals surface area contributed by atoms with Crippen molar-refractivity contribution < 1.29 is 9.13 Å². The first kappa shape index (κ1) is 25.7. The minimum absolute atomic E-state index is 0.156. The van der Waals surface area contributed by atoms with Crippen LogP contribution < -0.4 is 5.32 Å². The molecule has 1 aliphatic carbocycles. The van der Waals surface area contributed by atoms with Crippen LogP contribution in [0.4, 0.5) is 4.39 Å². The van der Waals surface area contributed by atoms with Gasteiger partial charge in [0.05, 0.1) is 12.6 Å². The number of halogens is 1. The lowest BCUT2D eigenvalue weighted by atomic mass is 9.83. The summed E-state index contributed by atoms with van der Waals surface area (Å²) in [5.74, 6) is 1.37. The highest BCUT2D eigenvalue weighted by Crippen LogP contribution is 2.37. The summed E-state index contributed by atoms with van der Waals surface area (Å²) in [4.78, 5) is 2.26. The molecule has 2 unspecified atom stereocenters. The summed E-state index contributed by atoms with van der Waals surface area (Å²) >= 11 is 0. The summed E-state index contributed by atoms with van der Waals surface area (Å²) in [6, 6.07) is 5.70. The second-order valence-electron chi connectivity index (χ2n) is 8.08. The lowest BCUT2D eigenvalue weighted by molar-refractivity contribution is 0.198. The summed E-state index contributed by atoms with van der Waals surface area (Å²) in [5.41, 5.74) is 5.43. The van der Waals surface area contributed by atoms with E-state index in [0.29, 0.717) is 18.1 Å². The zero-order valence-electron chi connectivity index (χ0n) is 20.7. The highest BCUT2D eigenvalue weighted by atomic mass is 19.1. The van der Waals surface area contributed by atoms with E-state index in [-0.39, 0.29) is 11.9 Å². The van der Waals surface area contributed by atoms with E-state index in [4.69, 9.17) is 4.74 Å². The van der Waals surface area contributed by atoms with Crippen molar-refractivity contribution in [3.63, 3.8) is 0 Å². The van der Waals surface area contributed by atoms with Gasteiger partial charge in [0, 0.05) is 19.9 Å². The van der Waals surface area contributed by atoms with E-state index >= 15 is 0 Å². The maximum Gasteiger partial charge on any atom is 0.126 e. The number of nitrogens with zero attached hydrogens (tertiary/aromatic N) is 1. The highest BCUT2D eigenvalue weighted by Gasteiger charge is 2.22. The Labute approximate surface area is 194 Å². The van der Waals surface area contributed by atoms with E-state index in [9.17, 15) is 4.39 Å². The van der Waals surface area contributed by atoms with E-state index < -0.39 is 0 Å². The van der Waals surface area contributed by atoms with Gasteiger partial charge in [-0.1, -0.05) is 51.1 Å². The topological polar surface area (TPSA) is 24.5 Å². The van der Waals surface area contributed by atoms with Crippen molar-refractivity contribution in [1.82, 2.24) is 10.2 Å². The summed E-state index contributed by atoms with van der Waals surface area (Å²) in [7, 11) is 1.71. The number of aryl methyl sites for hydroxylation is 1. The molecule has 0 saturated carbocycles. The summed E-state index contributed by atoms with van der Waals surface area (Å²) in [6.45, 7) is 13.7. The van der Waals surface area contributed by atoms with Crippen LogP contribution in [0.1, 0.15) is 52.2 Å². The maximum atomic E-state index is 13.9.